The minimum atomic E-state index is -0.967. The van der Waals surface area contributed by atoms with Crippen LogP contribution in [0.3, 0.4) is 0 Å². The molecular formula is C18H18N2O3. The maximum Gasteiger partial charge on any atom is 0.335 e. The van der Waals surface area contributed by atoms with Crippen molar-refractivity contribution in [3.8, 4) is 17.0 Å². The number of rotatable bonds is 3. The van der Waals surface area contributed by atoms with Gasteiger partial charge in [-0.05, 0) is 54.3 Å². The number of hydrogen-bond acceptors (Lipinski definition) is 3. The molecule has 5 heteroatoms. The Kier molecular flexibility index (Phi) is 3.56. The molecule has 1 aromatic heterocycles. The normalized spacial score (nSPS) is 11.3. The number of carbonyl (C=O) groups is 1. The summed E-state index contributed by atoms with van der Waals surface area (Å²) in [6.07, 6.45) is 0. The Bertz CT molecular complexity index is 910. The fourth-order valence-electron chi connectivity index (χ4n) is 2.78. The number of phenols is 1. The predicted octanol–water partition coefficient (Wildman–Crippen LogP) is 4.07. The van der Waals surface area contributed by atoms with E-state index < -0.39 is 5.97 Å². The van der Waals surface area contributed by atoms with E-state index in [1.165, 1.54) is 0 Å². The van der Waals surface area contributed by atoms with Gasteiger partial charge in [-0.1, -0.05) is 13.8 Å². The van der Waals surface area contributed by atoms with Crippen molar-refractivity contribution >= 4 is 16.9 Å². The van der Waals surface area contributed by atoms with Crippen LogP contribution < -0.4 is 0 Å². The van der Waals surface area contributed by atoms with Crippen molar-refractivity contribution in [2.45, 2.75) is 26.7 Å². The highest BCUT2D eigenvalue weighted by atomic mass is 16.4. The first-order chi connectivity index (χ1) is 10.9. The Morgan fingerprint density at radius 1 is 1.22 bits per heavy atom. The highest BCUT2D eigenvalue weighted by Gasteiger charge is 2.16. The molecule has 3 aromatic rings. The van der Waals surface area contributed by atoms with Crippen LogP contribution in [0.25, 0.3) is 22.2 Å². The number of H-pyrrole nitrogens is 1. The number of aromatic carboxylic acids is 1. The molecule has 0 saturated carbocycles. The van der Waals surface area contributed by atoms with Crippen LogP contribution in [0.2, 0.25) is 0 Å². The highest BCUT2D eigenvalue weighted by Crippen LogP contribution is 2.35. The average Bonchev–Trinajstić information content (AvgIpc) is 2.89. The van der Waals surface area contributed by atoms with Crippen LogP contribution in [0.15, 0.2) is 30.3 Å². The van der Waals surface area contributed by atoms with Crippen LogP contribution >= 0.6 is 0 Å². The summed E-state index contributed by atoms with van der Waals surface area (Å²) in [4.78, 5) is 11.1. The Labute approximate surface area is 133 Å². The zero-order valence-corrected chi connectivity index (χ0v) is 13.2. The molecule has 3 N–H and O–H groups in total. The first-order valence-electron chi connectivity index (χ1n) is 7.43. The third kappa shape index (κ3) is 2.54. The maximum absolute atomic E-state index is 11.1. The number of aromatic amines is 1. The molecule has 0 saturated heterocycles. The summed E-state index contributed by atoms with van der Waals surface area (Å²) in [7, 11) is 0. The molecule has 2 aromatic carbocycles. The number of hydrogen-bond donors (Lipinski definition) is 3. The molecule has 23 heavy (non-hydrogen) atoms. The molecule has 0 amide bonds. The number of nitrogens with one attached hydrogen (secondary N) is 1. The maximum atomic E-state index is 11.1. The SMILES string of the molecule is Cc1cc(O)c(C(C)C)cc1-c1n[nH]c2cc(C(=O)O)ccc12. The monoisotopic (exact) mass is 310 g/mol. The molecule has 0 atom stereocenters. The van der Waals surface area contributed by atoms with Crippen LogP contribution in [-0.4, -0.2) is 26.4 Å². The van der Waals surface area contributed by atoms with Crippen molar-refractivity contribution in [3.63, 3.8) is 0 Å². The van der Waals surface area contributed by atoms with Crippen molar-refractivity contribution in [1.29, 1.82) is 0 Å². The highest BCUT2D eigenvalue weighted by molar-refractivity contribution is 5.98. The van der Waals surface area contributed by atoms with Gasteiger partial charge in [0.15, 0.2) is 0 Å². The van der Waals surface area contributed by atoms with Crippen LogP contribution in [0.1, 0.15) is 41.3 Å². The van der Waals surface area contributed by atoms with E-state index >= 15 is 0 Å². The van der Waals surface area contributed by atoms with Crippen molar-refractivity contribution in [3.05, 3.63) is 47.0 Å². The van der Waals surface area contributed by atoms with Gasteiger partial charge in [0.1, 0.15) is 11.4 Å². The van der Waals surface area contributed by atoms with Crippen molar-refractivity contribution in [2.24, 2.45) is 0 Å². The van der Waals surface area contributed by atoms with Crippen molar-refractivity contribution in [2.75, 3.05) is 0 Å². The summed E-state index contributed by atoms with van der Waals surface area (Å²) < 4.78 is 0. The molecule has 0 bridgehead atoms. The summed E-state index contributed by atoms with van der Waals surface area (Å²) in [6, 6.07) is 8.61. The molecule has 3 rings (SSSR count). The molecule has 0 aliphatic heterocycles. The van der Waals surface area contributed by atoms with E-state index in [2.05, 4.69) is 10.2 Å². The van der Waals surface area contributed by atoms with Gasteiger partial charge in [-0.2, -0.15) is 5.10 Å². The third-order valence-electron chi connectivity index (χ3n) is 4.06. The fraction of sp³-hybridized carbons (Fsp3) is 0.222. The molecule has 0 radical (unpaired) electrons. The number of aromatic hydroxyl groups is 1. The third-order valence-corrected chi connectivity index (χ3v) is 4.06. The number of carboxylic acids is 1. The second-order valence-corrected chi connectivity index (χ2v) is 6.02. The average molecular weight is 310 g/mol. The van der Waals surface area contributed by atoms with E-state index in [0.29, 0.717) is 5.52 Å². The van der Waals surface area contributed by atoms with E-state index in [-0.39, 0.29) is 17.2 Å². The molecule has 5 nitrogen and oxygen atoms in total. The quantitative estimate of drug-likeness (QED) is 0.680. The zero-order valence-electron chi connectivity index (χ0n) is 13.2. The Morgan fingerprint density at radius 3 is 2.61 bits per heavy atom. The Balaban J connectivity index is 2.21. The molecule has 118 valence electrons. The van der Waals surface area contributed by atoms with Crippen molar-refractivity contribution in [1.82, 2.24) is 10.2 Å². The van der Waals surface area contributed by atoms with Gasteiger partial charge in [0.2, 0.25) is 0 Å². The first kappa shape index (κ1) is 15.1. The lowest BCUT2D eigenvalue weighted by Gasteiger charge is -2.12. The molecule has 0 unspecified atom stereocenters. The minimum Gasteiger partial charge on any atom is -0.508 e. The number of fused-ring (bicyclic) bond motifs is 1. The molecule has 0 fully saturated rings. The summed E-state index contributed by atoms with van der Waals surface area (Å²) >= 11 is 0. The van der Waals surface area contributed by atoms with Crippen LogP contribution in [0, 0.1) is 6.92 Å². The molecule has 0 aliphatic carbocycles. The van der Waals surface area contributed by atoms with Crippen LogP contribution in [0.5, 0.6) is 5.75 Å². The van der Waals surface area contributed by atoms with Gasteiger partial charge >= 0.3 is 5.97 Å². The molecule has 1 heterocycles. The summed E-state index contributed by atoms with van der Waals surface area (Å²) in [5, 5.41) is 27.3. The number of carboxylic acid groups (broad SMARTS) is 1. The smallest absolute Gasteiger partial charge is 0.335 e. The predicted molar refractivity (Wildman–Crippen MR) is 89.0 cm³/mol. The first-order valence-corrected chi connectivity index (χ1v) is 7.43. The van der Waals surface area contributed by atoms with Gasteiger partial charge < -0.3 is 10.2 Å². The molecular weight excluding hydrogens is 292 g/mol. The molecule has 0 aliphatic rings. The Hall–Kier alpha value is -2.82. The second-order valence-electron chi connectivity index (χ2n) is 6.02. The summed E-state index contributed by atoms with van der Waals surface area (Å²) in [5.74, 6) is -0.488. The zero-order chi connectivity index (χ0) is 16.7. The van der Waals surface area contributed by atoms with Gasteiger partial charge in [-0.25, -0.2) is 4.79 Å². The van der Waals surface area contributed by atoms with E-state index in [0.717, 1.165) is 27.8 Å². The van der Waals surface area contributed by atoms with E-state index in [1.807, 2.05) is 26.8 Å². The topological polar surface area (TPSA) is 86.2 Å². The van der Waals surface area contributed by atoms with Gasteiger partial charge in [-0.15, -0.1) is 0 Å². The number of aryl methyl sites for hydroxylation is 1. The largest absolute Gasteiger partial charge is 0.508 e. The van der Waals surface area contributed by atoms with Crippen LogP contribution in [-0.2, 0) is 0 Å². The van der Waals surface area contributed by atoms with Gasteiger partial charge in [0, 0.05) is 10.9 Å². The number of nitrogens with zero attached hydrogens (tertiary/aromatic N) is 1. The van der Waals surface area contributed by atoms with Gasteiger partial charge in [0.25, 0.3) is 0 Å². The lowest BCUT2D eigenvalue weighted by Crippen LogP contribution is -1.95. The summed E-state index contributed by atoms with van der Waals surface area (Å²) in [6.45, 7) is 5.97. The lowest BCUT2D eigenvalue weighted by atomic mass is 9.94. The number of phenolic OH excluding ortho intramolecular Hbond substituents is 1. The standard InChI is InChI=1S/C18H18N2O3/c1-9(2)13-8-14(10(3)6-16(13)21)17-12-5-4-11(18(22)23)7-15(12)19-20-17/h4-9,21H,1-3H3,(H,19,20)(H,22,23). The van der Waals surface area contributed by atoms with E-state index in [1.54, 1.807) is 24.3 Å². The van der Waals surface area contributed by atoms with E-state index in [4.69, 9.17) is 5.11 Å². The van der Waals surface area contributed by atoms with Crippen molar-refractivity contribution < 1.29 is 15.0 Å². The number of benzene rings is 2. The fourth-order valence-corrected chi connectivity index (χ4v) is 2.78. The second kappa shape index (κ2) is 5.43. The van der Waals surface area contributed by atoms with Gasteiger partial charge in [-0.3, -0.25) is 5.10 Å². The number of aromatic nitrogens is 2. The lowest BCUT2D eigenvalue weighted by molar-refractivity contribution is 0.0697. The Morgan fingerprint density at radius 2 is 1.96 bits per heavy atom. The summed E-state index contributed by atoms with van der Waals surface area (Å²) in [5.41, 5.74) is 4.38. The minimum absolute atomic E-state index is 0.193. The van der Waals surface area contributed by atoms with Gasteiger partial charge in [0.05, 0.1) is 11.1 Å². The van der Waals surface area contributed by atoms with E-state index in [9.17, 15) is 9.90 Å². The van der Waals surface area contributed by atoms with Crippen LogP contribution in [0.4, 0.5) is 0 Å². The molecule has 0 spiro atoms.